The highest BCUT2D eigenvalue weighted by Crippen LogP contribution is 2.24. The standard InChI is InChI=1S/C12H16N2/c13-12-8-4-7-11(14-12)9-10-5-2-1-3-6-10/h4,7-9H,1-3,5-6H2,(H2,13,14). The van der Waals surface area contributed by atoms with Crippen LogP contribution in [0.3, 0.4) is 0 Å². The highest BCUT2D eigenvalue weighted by atomic mass is 14.8. The smallest absolute Gasteiger partial charge is 0.124 e. The molecule has 0 saturated heterocycles. The predicted molar refractivity (Wildman–Crippen MR) is 59.7 cm³/mol. The molecule has 1 aliphatic rings. The van der Waals surface area contributed by atoms with Gasteiger partial charge in [-0.05, 0) is 43.9 Å². The SMILES string of the molecule is Nc1cccc(C=C2CCCCC2)n1. The highest BCUT2D eigenvalue weighted by Gasteiger charge is 2.05. The number of allylic oxidation sites excluding steroid dienone is 1. The van der Waals surface area contributed by atoms with Crippen molar-refractivity contribution < 1.29 is 0 Å². The lowest BCUT2D eigenvalue weighted by molar-refractivity contribution is 0.602. The summed E-state index contributed by atoms with van der Waals surface area (Å²) in [6.07, 6.45) is 8.69. The van der Waals surface area contributed by atoms with Gasteiger partial charge in [-0.15, -0.1) is 0 Å². The number of aromatic nitrogens is 1. The van der Waals surface area contributed by atoms with Crippen molar-refractivity contribution in [3.8, 4) is 0 Å². The molecule has 0 bridgehead atoms. The fraction of sp³-hybridized carbons (Fsp3) is 0.417. The molecule has 0 spiro atoms. The van der Waals surface area contributed by atoms with Gasteiger partial charge in [0.1, 0.15) is 5.82 Å². The van der Waals surface area contributed by atoms with Crippen LogP contribution in [0.15, 0.2) is 23.8 Å². The Labute approximate surface area is 84.9 Å². The highest BCUT2D eigenvalue weighted by molar-refractivity contribution is 5.51. The third kappa shape index (κ3) is 2.34. The van der Waals surface area contributed by atoms with Crippen molar-refractivity contribution in [3.05, 3.63) is 29.5 Å². The molecule has 0 radical (unpaired) electrons. The summed E-state index contributed by atoms with van der Waals surface area (Å²) in [4.78, 5) is 4.27. The van der Waals surface area contributed by atoms with Gasteiger partial charge in [0.15, 0.2) is 0 Å². The van der Waals surface area contributed by atoms with Crippen molar-refractivity contribution in [3.63, 3.8) is 0 Å². The van der Waals surface area contributed by atoms with E-state index in [-0.39, 0.29) is 0 Å². The van der Waals surface area contributed by atoms with E-state index in [9.17, 15) is 0 Å². The monoisotopic (exact) mass is 188 g/mol. The molecule has 74 valence electrons. The second kappa shape index (κ2) is 4.27. The molecule has 2 nitrogen and oxygen atoms in total. The van der Waals surface area contributed by atoms with Crippen molar-refractivity contribution in [2.24, 2.45) is 0 Å². The van der Waals surface area contributed by atoms with E-state index in [0.717, 1.165) is 5.69 Å². The second-order valence-electron chi connectivity index (χ2n) is 3.85. The van der Waals surface area contributed by atoms with Gasteiger partial charge in [-0.2, -0.15) is 0 Å². The summed E-state index contributed by atoms with van der Waals surface area (Å²) < 4.78 is 0. The number of nitrogens with zero attached hydrogens (tertiary/aromatic N) is 1. The molecule has 1 saturated carbocycles. The van der Waals surface area contributed by atoms with E-state index in [1.807, 2.05) is 18.2 Å². The van der Waals surface area contributed by atoms with Gasteiger partial charge in [-0.1, -0.05) is 18.1 Å². The first-order valence-electron chi connectivity index (χ1n) is 5.26. The topological polar surface area (TPSA) is 38.9 Å². The van der Waals surface area contributed by atoms with Gasteiger partial charge in [0, 0.05) is 0 Å². The maximum atomic E-state index is 5.62. The normalized spacial score (nSPS) is 16.7. The maximum absolute atomic E-state index is 5.62. The third-order valence-electron chi connectivity index (χ3n) is 2.64. The lowest BCUT2D eigenvalue weighted by atomic mass is 9.94. The molecule has 1 aromatic heterocycles. The summed E-state index contributed by atoms with van der Waals surface area (Å²) in [6.45, 7) is 0. The van der Waals surface area contributed by atoms with Crippen molar-refractivity contribution in [2.45, 2.75) is 32.1 Å². The van der Waals surface area contributed by atoms with Gasteiger partial charge in [0.05, 0.1) is 5.69 Å². The Kier molecular flexibility index (Phi) is 2.82. The van der Waals surface area contributed by atoms with Crippen molar-refractivity contribution in [1.29, 1.82) is 0 Å². The van der Waals surface area contributed by atoms with Gasteiger partial charge in [-0.3, -0.25) is 0 Å². The number of anilines is 1. The summed E-state index contributed by atoms with van der Waals surface area (Å²) in [5.74, 6) is 0.607. The van der Waals surface area contributed by atoms with E-state index in [1.165, 1.54) is 37.7 Å². The van der Waals surface area contributed by atoms with E-state index in [0.29, 0.717) is 5.82 Å². The first-order valence-corrected chi connectivity index (χ1v) is 5.26. The van der Waals surface area contributed by atoms with E-state index >= 15 is 0 Å². The van der Waals surface area contributed by atoms with E-state index in [1.54, 1.807) is 0 Å². The lowest BCUT2D eigenvalue weighted by Crippen LogP contribution is -1.95. The first-order chi connectivity index (χ1) is 6.84. The van der Waals surface area contributed by atoms with Crippen LogP contribution >= 0.6 is 0 Å². The largest absolute Gasteiger partial charge is 0.384 e. The first kappa shape index (κ1) is 9.25. The van der Waals surface area contributed by atoms with Crippen LogP contribution in [0.4, 0.5) is 5.82 Å². The number of hydrogen-bond donors (Lipinski definition) is 1. The van der Waals surface area contributed by atoms with Crippen LogP contribution < -0.4 is 5.73 Å². The maximum Gasteiger partial charge on any atom is 0.124 e. The minimum atomic E-state index is 0.607. The van der Waals surface area contributed by atoms with Gasteiger partial charge < -0.3 is 5.73 Å². The van der Waals surface area contributed by atoms with Gasteiger partial charge in [0.25, 0.3) is 0 Å². The molecule has 0 atom stereocenters. The number of hydrogen-bond acceptors (Lipinski definition) is 2. The van der Waals surface area contributed by atoms with Crippen LogP contribution in [0.2, 0.25) is 0 Å². The molecule has 14 heavy (non-hydrogen) atoms. The number of rotatable bonds is 1. The van der Waals surface area contributed by atoms with Crippen LogP contribution in [-0.2, 0) is 0 Å². The quantitative estimate of drug-likeness (QED) is 0.735. The molecule has 0 aliphatic heterocycles. The Morgan fingerprint density at radius 3 is 2.64 bits per heavy atom. The van der Waals surface area contributed by atoms with Gasteiger partial charge >= 0.3 is 0 Å². The molecule has 1 heterocycles. The molecule has 2 heteroatoms. The average Bonchev–Trinajstić information content (AvgIpc) is 2.19. The fourth-order valence-electron chi connectivity index (χ4n) is 1.91. The van der Waals surface area contributed by atoms with Crippen LogP contribution in [0, 0.1) is 0 Å². The van der Waals surface area contributed by atoms with E-state index in [2.05, 4.69) is 11.1 Å². The molecule has 0 unspecified atom stereocenters. The van der Waals surface area contributed by atoms with E-state index in [4.69, 9.17) is 5.73 Å². The molecular weight excluding hydrogens is 172 g/mol. The molecular formula is C12H16N2. The van der Waals surface area contributed by atoms with E-state index < -0.39 is 0 Å². The molecule has 2 N–H and O–H groups in total. The number of pyridine rings is 1. The fourth-order valence-corrected chi connectivity index (χ4v) is 1.91. The molecule has 1 aromatic rings. The summed E-state index contributed by atoms with van der Waals surface area (Å²) in [6, 6.07) is 5.79. The van der Waals surface area contributed by atoms with Gasteiger partial charge in [-0.25, -0.2) is 4.98 Å². The minimum Gasteiger partial charge on any atom is -0.384 e. The van der Waals surface area contributed by atoms with Crippen molar-refractivity contribution in [2.75, 3.05) is 5.73 Å². The number of nitrogen functional groups attached to an aromatic ring is 1. The Bertz CT molecular complexity index is 334. The van der Waals surface area contributed by atoms with Crippen LogP contribution in [0.5, 0.6) is 0 Å². The van der Waals surface area contributed by atoms with Crippen LogP contribution in [-0.4, -0.2) is 4.98 Å². The Morgan fingerprint density at radius 1 is 1.14 bits per heavy atom. The van der Waals surface area contributed by atoms with Crippen LogP contribution in [0.25, 0.3) is 6.08 Å². The molecule has 0 amide bonds. The predicted octanol–water partition coefficient (Wildman–Crippen LogP) is 3.01. The molecule has 1 fully saturated rings. The summed E-state index contributed by atoms with van der Waals surface area (Å²) in [7, 11) is 0. The zero-order chi connectivity index (χ0) is 9.80. The molecule has 0 aromatic carbocycles. The molecule has 2 rings (SSSR count). The third-order valence-corrected chi connectivity index (χ3v) is 2.64. The minimum absolute atomic E-state index is 0.607. The Hall–Kier alpha value is -1.31. The van der Waals surface area contributed by atoms with Crippen LogP contribution in [0.1, 0.15) is 37.8 Å². The summed E-state index contributed by atoms with van der Waals surface area (Å²) in [5, 5.41) is 0. The van der Waals surface area contributed by atoms with Gasteiger partial charge in [0.2, 0.25) is 0 Å². The summed E-state index contributed by atoms with van der Waals surface area (Å²) in [5.41, 5.74) is 8.15. The Morgan fingerprint density at radius 2 is 1.93 bits per heavy atom. The van der Waals surface area contributed by atoms with Crippen molar-refractivity contribution >= 4 is 11.9 Å². The Balaban J connectivity index is 2.15. The molecule has 1 aliphatic carbocycles. The van der Waals surface area contributed by atoms with Crippen molar-refractivity contribution in [1.82, 2.24) is 4.98 Å². The summed E-state index contributed by atoms with van der Waals surface area (Å²) >= 11 is 0. The second-order valence-corrected chi connectivity index (χ2v) is 3.85. The zero-order valence-electron chi connectivity index (χ0n) is 8.37. The zero-order valence-corrected chi connectivity index (χ0v) is 8.37. The number of nitrogens with two attached hydrogens (primary N) is 1. The lowest BCUT2D eigenvalue weighted by Gasteiger charge is -2.13. The average molecular weight is 188 g/mol.